The number of hydrogen-bond acceptors (Lipinski definition) is 2. The molecule has 9 heteroatoms. The van der Waals surface area contributed by atoms with Crippen molar-refractivity contribution in [3.63, 3.8) is 0 Å². The van der Waals surface area contributed by atoms with Gasteiger partial charge in [-0.15, -0.1) is 0 Å². The van der Waals surface area contributed by atoms with Crippen LogP contribution in [-0.4, -0.2) is 25.2 Å². The summed E-state index contributed by atoms with van der Waals surface area (Å²) in [5.41, 5.74) is -1.64. The molecule has 6 nitrogen and oxygen atoms in total. The number of benzene rings is 1. The molecule has 2 atom stereocenters. The van der Waals surface area contributed by atoms with Gasteiger partial charge in [-0.2, -0.15) is 0 Å². The number of rotatable bonds is 14. The number of amides is 4. The molecule has 33 heavy (non-hydrogen) atoms. The topological polar surface area (TPSA) is 82.3 Å². The molecule has 188 valence electrons. The third-order valence-corrected chi connectivity index (χ3v) is 5.84. The molecule has 4 amide bonds. The van der Waals surface area contributed by atoms with Crippen molar-refractivity contribution in [2.24, 2.45) is 11.8 Å². The highest BCUT2D eigenvalue weighted by Crippen LogP contribution is 2.29. The van der Waals surface area contributed by atoms with Gasteiger partial charge in [0.15, 0.2) is 17.5 Å². The van der Waals surface area contributed by atoms with Crippen LogP contribution in [0.15, 0.2) is 6.07 Å². The van der Waals surface area contributed by atoms with E-state index in [9.17, 15) is 22.8 Å². The van der Waals surface area contributed by atoms with Crippen LogP contribution >= 0.6 is 0 Å². The maximum Gasteiger partial charge on any atom is 0.319 e. The average Bonchev–Trinajstić information content (AvgIpc) is 2.79. The van der Waals surface area contributed by atoms with E-state index in [-0.39, 0.29) is 11.8 Å². The molecule has 4 N–H and O–H groups in total. The van der Waals surface area contributed by atoms with Crippen molar-refractivity contribution in [3.8, 4) is 0 Å². The lowest BCUT2D eigenvalue weighted by Gasteiger charge is -2.18. The predicted molar refractivity (Wildman–Crippen MR) is 127 cm³/mol. The fourth-order valence-corrected chi connectivity index (χ4v) is 3.50. The van der Waals surface area contributed by atoms with Crippen LogP contribution in [0.5, 0.6) is 0 Å². The molecule has 0 fully saturated rings. The monoisotopic (exact) mass is 472 g/mol. The first kappa shape index (κ1) is 28.6. The number of carbonyl (C=O) groups is 2. The summed E-state index contributed by atoms with van der Waals surface area (Å²) in [5, 5.41) is 9.40. The second-order valence-electron chi connectivity index (χ2n) is 8.41. The highest BCUT2D eigenvalue weighted by atomic mass is 19.1. The zero-order chi connectivity index (χ0) is 24.8. The molecule has 0 bridgehead atoms. The summed E-state index contributed by atoms with van der Waals surface area (Å²) in [4.78, 5) is 24.4. The number of anilines is 2. The van der Waals surface area contributed by atoms with Gasteiger partial charge in [-0.25, -0.2) is 22.8 Å². The van der Waals surface area contributed by atoms with Crippen LogP contribution in [0.3, 0.4) is 0 Å². The Morgan fingerprint density at radius 1 is 0.758 bits per heavy atom. The smallest absolute Gasteiger partial charge is 0.319 e. The standard InChI is InChI=1S/C24H39F3N4O2/c1-5-9-11-16(7-3)14-28-23(32)30-21-18(25)13-19(26)22(20(21)27)31-24(33)29-15-17(8-4)12-10-6-2/h13,16-17H,5-12,14-15H2,1-4H3,(H2,28,30,32)(H2,29,31,33). The van der Waals surface area contributed by atoms with Gasteiger partial charge in [-0.1, -0.05) is 66.2 Å². The molecule has 0 aliphatic rings. The molecule has 0 aliphatic carbocycles. The number of nitrogens with one attached hydrogen (secondary N) is 4. The Morgan fingerprint density at radius 3 is 1.48 bits per heavy atom. The van der Waals surface area contributed by atoms with Crippen LogP contribution in [0.25, 0.3) is 0 Å². The maximum absolute atomic E-state index is 14.8. The summed E-state index contributed by atoms with van der Waals surface area (Å²) >= 11 is 0. The second kappa shape index (κ2) is 15.4. The predicted octanol–water partition coefficient (Wildman–Crippen LogP) is 6.78. The first-order valence-corrected chi connectivity index (χ1v) is 12.0. The Balaban J connectivity index is 2.79. The Labute approximate surface area is 195 Å². The van der Waals surface area contributed by atoms with Crippen LogP contribution in [-0.2, 0) is 0 Å². The van der Waals surface area contributed by atoms with Gasteiger partial charge in [0, 0.05) is 19.2 Å². The molecular weight excluding hydrogens is 433 g/mol. The highest BCUT2D eigenvalue weighted by Gasteiger charge is 2.22. The fourth-order valence-electron chi connectivity index (χ4n) is 3.50. The van der Waals surface area contributed by atoms with Gasteiger partial charge in [-0.3, -0.25) is 0 Å². The lowest BCUT2D eigenvalue weighted by Crippen LogP contribution is -2.34. The van der Waals surface area contributed by atoms with Crippen molar-refractivity contribution < 1.29 is 22.8 Å². The van der Waals surface area contributed by atoms with Crippen molar-refractivity contribution in [2.75, 3.05) is 23.7 Å². The van der Waals surface area contributed by atoms with Gasteiger partial charge < -0.3 is 21.3 Å². The van der Waals surface area contributed by atoms with E-state index in [1.807, 2.05) is 13.8 Å². The number of urea groups is 2. The SMILES string of the molecule is CCCCC(CC)CNC(=O)Nc1c(F)cc(F)c(NC(=O)NCC(CC)CCCC)c1F. The van der Waals surface area contributed by atoms with Crippen molar-refractivity contribution in [2.45, 2.75) is 79.1 Å². The molecule has 0 saturated carbocycles. The number of hydrogen-bond donors (Lipinski definition) is 4. The highest BCUT2D eigenvalue weighted by molar-refractivity contribution is 5.93. The van der Waals surface area contributed by atoms with E-state index in [1.54, 1.807) is 0 Å². The van der Waals surface area contributed by atoms with Crippen LogP contribution < -0.4 is 21.3 Å². The minimum absolute atomic E-state index is 0.254. The van der Waals surface area contributed by atoms with E-state index in [1.165, 1.54) is 0 Å². The van der Waals surface area contributed by atoms with E-state index in [4.69, 9.17) is 0 Å². The largest absolute Gasteiger partial charge is 0.338 e. The van der Waals surface area contributed by atoms with E-state index in [2.05, 4.69) is 35.1 Å². The van der Waals surface area contributed by atoms with Crippen molar-refractivity contribution in [1.82, 2.24) is 10.6 Å². The number of carbonyl (C=O) groups excluding carboxylic acids is 2. The molecule has 0 aromatic heterocycles. The molecule has 1 aromatic rings. The summed E-state index contributed by atoms with van der Waals surface area (Å²) in [6.45, 7) is 8.89. The summed E-state index contributed by atoms with van der Waals surface area (Å²) < 4.78 is 43.2. The van der Waals surface area contributed by atoms with Gasteiger partial charge in [0.1, 0.15) is 11.4 Å². The van der Waals surface area contributed by atoms with Crippen LogP contribution in [0.1, 0.15) is 79.1 Å². The lowest BCUT2D eigenvalue weighted by atomic mass is 9.99. The lowest BCUT2D eigenvalue weighted by molar-refractivity contribution is 0.248. The van der Waals surface area contributed by atoms with Gasteiger partial charge in [-0.05, 0) is 24.7 Å². The Hall–Kier alpha value is -2.45. The van der Waals surface area contributed by atoms with Crippen molar-refractivity contribution in [1.29, 1.82) is 0 Å². The first-order valence-electron chi connectivity index (χ1n) is 12.0. The molecule has 0 radical (unpaired) electrons. The minimum Gasteiger partial charge on any atom is -0.338 e. The summed E-state index contributed by atoms with van der Waals surface area (Å²) in [6, 6.07) is -1.17. The average molecular weight is 473 g/mol. The molecule has 0 heterocycles. The summed E-state index contributed by atoms with van der Waals surface area (Å²) in [5.74, 6) is -3.41. The number of unbranched alkanes of at least 4 members (excludes halogenated alkanes) is 2. The molecular formula is C24H39F3N4O2. The second-order valence-corrected chi connectivity index (χ2v) is 8.41. The van der Waals surface area contributed by atoms with E-state index < -0.39 is 40.9 Å². The maximum atomic E-state index is 14.8. The van der Waals surface area contributed by atoms with E-state index in [0.717, 1.165) is 51.4 Å². The van der Waals surface area contributed by atoms with Gasteiger partial charge in [0.2, 0.25) is 0 Å². The molecule has 1 aromatic carbocycles. The quantitative estimate of drug-likeness (QED) is 0.241. The Kier molecular flexibility index (Phi) is 13.3. The molecule has 0 spiro atoms. The van der Waals surface area contributed by atoms with Crippen LogP contribution in [0.4, 0.5) is 34.1 Å². The van der Waals surface area contributed by atoms with E-state index in [0.29, 0.717) is 19.2 Å². The molecule has 2 unspecified atom stereocenters. The third kappa shape index (κ3) is 9.92. The van der Waals surface area contributed by atoms with Gasteiger partial charge in [0.05, 0.1) is 0 Å². The first-order chi connectivity index (χ1) is 15.8. The Morgan fingerprint density at radius 2 is 1.15 bits per heavy atom. The molecule has 1 rings (SSSR count). The summed E-state index contributed by atoms with van der Waals surface area (Å²) in [7, 11) is 0. The molecule has 0 aliphatic heterocycles. The number of halogens is 3. The summed E-state index contributed by atoms with van der Waals surface area (Å²) in [6.07, 6.45) is 7.72. The minimum atomic E-state index is -1.38. The van der Waals surface area contributed by atoms with Crippen molar-refractivity contribution in [3.05, 3.63) is 23.5 Å². The zero-order valence-corrected chi connectivity index (χ0v) is 20.3. The van der Waals surface area contributed by atoms with Crippen molar-refractivity contribution >= 4 is 23.4 Å². The fraction of sp³-hybridized carbons (Fsp3) is 0.667. The van der Waals surface area contributed by atoms with Gasteiger partial charge >= 0.3 is 12.1 Å². The van der Waals surface area contributed by atoms with Crippen LogP contribution in [0.2, 0.25) is 0 Å². The van der Waals surface area contributed by atoms with Crippen LogP contribution in [0, 0.1) is 29.3 Å². The zero-order valence-electron chi connectivity index (χ0n) is 20.3. The third-order valence-electron chi connectivity index (χ3n) is 5.84. The normalized spacial score (nSPS) is 12.7. The molecule has 0 saturated heterocycles. The Bertz CT molecular complexity index is 703. The van der Waals surface area contributed by atoms with Gasteiger partial charge in [0.25, 0.3) is 0 Å². The van der Waals surface area contributed by atoms with E-state index >= 15 is 0 Å².